The maximum absolute atomic E-state index is 10.3. The lowest BCUT2D eigenvalue weighted by Crippen LogP contribution is -2.56. The van der Waals surface area contributed by atoms with Crippen molar-refractivity contribution in [3.63, 3.8) is 0 Å². The van der Waals surface area contributed by atoms with Crippen LogP contribution in [0.5, 0.6) is 0 Å². The molecule has 1 aliphatic heterocycles. The molecule has 0 aromatic heterocycles. The number of nitrogens with one attached hydrogen (secondary N) is 2. The molecule has 0 saturated carbocycles. The summed E-state index contributed by atoms with van der Waals surface area (Å²) in [4.78, 5) is 41.1. The topological polar surface area (TPSA) is 122 Å². The number of carbonyl (C=O) groups excluding carboxylic acids is 4. The second-order valence-corrected chi connectivity index (χ2v) is 1.57. The predicted molar refractivity (Wildman–Crippen MR) is 28.6 cm³/mol. The number of urea groups is 1. The van der Waals surface area contributed by atoms with Crippen LogP contribution in [0.25, 0.3) is 0 Å². The van der Waals surface area contributed by atoms with Gasteiger partial charge in [0.25, 0.3) is 0 Å². The van der Waals surface area contributed by atoms with Gasteiger partial charge in [0.15, 0.2) is 0 Å². The number of hydrogen-bond acceptors (Lipinski definition) is 5. The maximum atomic E-state index is 10.3. The maximum Gasteiger partial charge on any atom is 0.328 e. The van der Waals surface area contributed by atoms with Gasteiger partial charge < -0.3 is 5.48 Å². The fourth-order valence-corrected chi connectivity index (χ4v) is 0.454. The van der Waals surface area contributed by atoms with Gasteiger partial charge in [0.1, 0.15) is 0 Å². The van der Waals surface area contributed by atoms with Crippen LogP contribution >= 0.6 is 0 Å². The molecule has 4 amide bonds. The van der Waals surface area contributed by atoms with Gasteiger partial charge in [0.05, 0.1) is 0 Å². The highest BCUT2D eigenvalue weighted by Gasteiger charge is 2.31. The summed E-state index contributed by atoms with van der Waals surface area (Å²) in [5.74, 6) is -3.62. The molecule has 11 heavy (non-hydrogen) atoms. The lowest BCUT2D eigenvalue weighted by molar-refractivity contribution is -0.146. The number of rotatable bonds is 0. The third-order valence-electron chi connectivity index (χ3n) is 0.867. The van der Waals surface area contributed by atoms with Crippen LogP contribution in [0.3, 0.4) is 0 Å². The number of hydrogen-bond donors (Lipinski definition) is 2. The van der Waals surface area contributed by atoms with Crippen LogP contribution < -0.4 is 10.6 Å². The number of carbonyl (C=O) groups is 4. The van der Waals surface area contributed by atoms with Crippen molar-refractivity contribution in [2.45, 2.75) is 0 Å². The molecule has 0 aliphatic carbocycles. The van der Waals surface area contributed by atoms with Crippen molar-refractivity contribution >= 4 is 23.6 Å². The van der Waals surface area contributed by atoms with Crippen LogP contribution in [0.2, 0.25) is 0 Å². The summed E-state index contributed by atoms with van der Waals surface area (Å²) in [6, 6.07) is -0.963. The van der Waals surface area contributed by atoms with E-state index in [0.29, 0.717) is 0 Å². The van der Waals surface area contributed by atoms with Gasteiger partial charge in [0, 0.05) is 0 Å². The van der Waals surface area contributed by atoms with E-state index in [-0.39, 0.29) is 5.48 Å². The van der Waals surface area contributed by atoms with E-state index in [9.17, 15) is 19.2 Å². The number of Topliss-reactive ketones (excluding diaryl/α,β-unsaturated/α-hetero) is 1. The van der Waals surface area contributed by atoms with Gasteiger partial charge in [0.2, 0.25) is 0 Å². The zero-order valence-corrected chi connectivity index (χ0v) is 5.08. The van der Waals surface area contributed by atoms with Crippen LogP contribution in [-0.4, -0.2) is 29.1 Å². The second kappa shape index (κ2) is 2.88. The van der Waals surface area contributed by atoms with E-state index in [2.05, 4.69) is 0 Å². The summed E-state index contributed by atoms with van der Waals surface area (Å²) >= 11 is 0. The molecule has 0 aromatic rings. The molecule has 1 rings (SSSR count). The molecule has 1 saturated heterocycles. The third kappa shape index (κ3) is 1.58. The van der Waals surface area contributed by atoms with Gasteiger partial charge in [-0.1, -0.05) is 0 Å². The van der Waals surface area contributed by atoms with Gasteiger partial charge in [-0.3, -0.25) is 25.0 Å². The van der Waals surface area contributed by atoms with Crippen molar-refractivity contribution in [2.75, 3.05) is 0 Å². The first-order valence-electron chi connectivity index (χ1n) is 2.32. The summed E-state index contributed by atoms with van der Waals surface area (Å²) in [7, 11) is 0. The summed E-state index contributed by atoms with van der Waals surface area (Å²) in [5.41, 5.74) is 0. The Hall–Kier alpha value is -1.76. The van der Waals surface area contributed by atoms with Gasteiger partial charge in [-0.05, 0) is 0 Å². The number of imide groups is 2. The monoisotopic (exact) mass is 159 g/mol. The van der Waals surface area contributed by atoms with Crippen LogP contribution in [0.15, 0.2) is 0 Å². The number of ketones is 1. The molecule has 0 spiro atoms. The largest absolute Gasteiger partial charge is 0.870 e. The lowest BCUT2D eigenvalue weighted by atomic mass is 10.3. The van der Waals surface area contributed by atoms with E-state index < -0.39 is 23.6 Å². The van der Waals surface area contributed by atoms with Crippen molar-refractivity contribution in [1.29, 1.82) is 0 Å². The van der Waals surface area contributed by atoms with Crippen molar-refractivity contribution in [1.82, 2.24) is 10.6 Å². The van der Waals surface area contributed by atoms with Crippen molar-refractivity contribution in [2.24, 2.45) is 0 Å². The van der Waals surface area contributed by atoms with Crippen molar-refractivity contribution in [3.8, 4) is 0 Å². The lowest BCUT2D eigenvalue weighted by Gasteiger charge is -2.07. The van der Waals surface area contributed by atoms with Crippen LogP contribution in [-0.2, 0) is 14.4 Å². The summed E-state index contributed by atoms with van der Waals surface area (Å²) in [5, 5.41) is 3.20. The Kier molecular flexibility index (Phi) is 2.42. The van der Waals surface area contributed by atoms with E-state index >= 15 is 0 Å². The Morgan fingerprint density at radius 3 is 1.55 bits per heavy atom. The Bertz CT molecular complexity index is 223. The molecule has 0 bridgehead atoms. The number of barbiturate groups is 1. The first-order chi connectivity index (χ1) is 4.61. The standard InChI is InChI=1S/C4H2N2O4.H2O/c7-1-2(8)5-4(10)6-3(1)9;/h(H2,5,6,8,9,10);1H2/p-1. The van der Waals surface area contributed by atoms with E-state index in [1.807, 2.05) is 0 Å². The smallest absolute Gasteiger partial charge is 0.328 e. The molecule has 3 N–H and O–H groups in total. The average molecular weight is 159 g/mol. The van der Waals surface area contributed by atoms with E-state index in [4.69, 9.17) is 0 Å². The van der Waals surface area contributed by atoms with Crippen molar-refractivity contribution in [3.05, 3.63) is 0 Å². The first-order valence-corrected chi connectivity index (χ1v) is 2.32. The second-order valence-electron chi connectivity index (χ2n) is 1.57. The highest BCUT2D eigenvalue weighted by Crippen LogP contribution is 1.81. The van der Waals surface area contributed by atoms with E-state index in [1.54, 1.807) is 10.6 Å². The summed E-state index contributed by atoms with van der Waals surface area (Å²) in [6.07, 6.45) is 0. The highest BCUT2D eigenvalue weighted by atomic mass is 16.2. The molecule has 60 valence electrons. The molecule has 0 atom stereocenters. The molecule has 0 aromatic carbocycles. The van der Waals surface area contributed by atoms with Gasteiger partial charge in [-0.15, -0.1) is 0 Å². The molecule has 1 fully saturated rings. The Morgan fingerprint density at radius 2 is 1.18 bits per heavy atom. The van der Waals surface area contributed by atoms with Crippen LogP contribution in [0.1, 0.15) is 0 Å². The Morgan fingerprint density at radius 1 is 0.818 bits per heavy atom. The zero-order chi connectivity index (χ0) is 7.72. The van der Waals surface area contributed by atoms with E-state index in [1.165, 1.54) is 0 Å². The molecule has 7 heteroatoms. The fourth-order valence-electron chi connectivity index (χ4n) is 0.454. The van der Waals surface area contributed by atoms with Crippen LogP contribution in [0, 0.1) is 0 Å². The zero-order valence-electron chi connectivity index (χ0n) is 5.08. The third-order valence-corrected chi connectivity index (χ3v) is 0.867. The SMILES string of the molecule is O=C1NC(=O)C(=O)C(=O)N1.[OH-]. The predicted octanol–water partition coefficient (Wildman–Crippen LogP) is -2.26. The van der Waals surface area contributed by atoms with Crippen LogP contribution in [0.4, 0.5) is 4.79 Å². The number of amides is 4. The summed E-state index contributed by atoms with van der Waals surface area (Å²) in [6.45, 7) is 0. The van der Waals surface area contributed by atoms with Crippen molar-refractivity contribution < 1.29 is 24.7 Å². The minimum absolute atomic E-state index is 0. The average Bonchev–Trinajstić information content (AvgIpc) is 1.82. The molecule has 1 aliphatic rings. The molecule has 1 heterocycles. The normalized spacial score (nSPS) is 16.7. The van der Waals surface area contributed by atoms with Gasteiger partial charge >= 0.3 is 23.6 Å². The molecule has 0 unspecified atom stereocenters. The Balaban J connectivity index is 0.000001000. The minimum atomic E-state index is -1.25. The summed E-state index contributed by atoms with van der Waals surface area (Å²) < 4.78 is 0. The fraction of sp³-hybridized carbons (Fsp3) is 0. The molecule has 7 nitrogen and oxygen atoms in total. The quantitative estimate of drug-likeness (QED) is 0.386. The molecular formula is C4H3N2O5-. The van der Waals surface area contributed by atoms with Gasteiger partial charge in [-0.2, -0.15) is 0 Å². The molecule has 0 radical (unpaired) electrons. The highest BCUT2D eigenvalue weighted by molar-refractivity contribution is 6.66. The molecular weight excluding hydrogens is 156 g/mol. The Labute approximate surface area is 60.1 Å². The van der Waals surface area contributed by atoms with E-state index in [0.717, 1.165) is 0 Å². The minimum Gasteiger partial charge on any atom is -0.870 e. The van der Waals surface area contributed by atoms with Gasteiger partial charge in [-0.25, -0.2) is 4.79 Å². The first kappa shape index (κ1) is 9.24.